The molecular weight excluding hydrogens is 208 g/mol. The summed E-state index contributed by atoms with van der Waals surface area (Å²) in [5.41, 5.74) is 1.60. The fourth-order valence-electron chi connectivity index (χ4n) is 1.34. The SMILES string of the molecule is COC(SC(C)C)c1ccccc1C=O. The average Bonchev–Trinajstić information content (AvgIpc) is 2.25. The normalized spacial score (nSPS) is 12.8. The van der Waals surface area contributed by atoms with Crippen LogP contribution in [0.4, 0.5) is 0 Å². The summed E-state index contributed by atoms with van der Waals surface area (Å²) in [4.78, 5) is 10.9. The number of carbonyl (C=O) groups excluding carboxylic acids is 1. The topological polar surface area (TPSA) is 26.3 Å². The van der Waals surface area contributed by atoms with Crippen molar-refractivity contribution in [3.05, 3.63) is 35.4 Å². The van der Waals surface area contributed by atoms with E-state index in [2.05, 4.69) is 13.8 Å². The van der Waals surface area contributed by atoms with Gasteiger partial charge in [0.1, 0.15) is 11.7 Å². The molecule has 3 heteroatoms. The van der Waals surface area contributed by atoms with Crippen molar-refractivity contribution < 1.29 is 9.53 Å². The molecule has 2 nitrogen and oxygen atoms in total. The number of methoxy groups -OCH3 is 1. The van der Waals surface area contributed by atoms with E-state index in [0.29, 0.717) is 10.8 Å². The third kappa shape index (κ3) is 3.36. The van der Waals surface area contributed by atoms with Gasteiger partial charge in [0, 0.05) is 23.5 Å². The zero-order valence-corrected chi connectivity index (χ0v) is 10.1. The van der Waals surface area contributed by atoms with E-state index < -0.39 is 0 Å². The summed E-state index contributed by atoms with van der Waals surface area (Å²) in [5.74, 6) is 0. The Morgan fingerprint density at radius 3 is 2.53 bits per heavy atom. The number of rotatable bonds is 5. The molecule has 0 bridgehead atoms. The van der Waals surface area contributed by atoms with E-state index in [9.17, 15) is 4.79 Å². The monoisotopic (exact) mass is 224 g/mol. The van der Waals surface area contributed by atoms with Gasteiger partial charge < -0.3 is 4.74 Å². The Hall–Kier alpha value is -0.800. The molecule has 0 heterocycles. The molecule has 1 atom stereocenters. The number of thioether (sulfide) groups is 1. The van der Waals surface area contributed by atoms with Crippen LogP contribution in [0.3, 0.4) is 0 Å². The number of carbonyl (C=O) groups is 1. The van der Waals surface area contributed by atoms with Gasteiger partial charge in [0.15, 0.2) is 0 Å². The number of aldehydes is 1. The van der Waals surface area contributed by atoms with Gasteiger partial charge >= 0.3 is 0 Å². The summed E-state index contributed by atoms with van der Waals surface area (Å²) in [6.07, 6.45) is 0.877. The molecule has 82 valence electrons. The van der Waals surface area contributed by atoms with Gasteiger partial charge in [0.25, 0.3) is 0 Å². The van der Waals surface area contributed by atoms with Crippen molar-refractivity contribution in [1.29, 1.82) is 0 Å². The molecule has 0 fully saturated rings. The van der Waals surface area contributed by atoms with Gasteiger partial charge in [-0.3, -0.25) is 4.79 Å². The van der Waals surface area contributed by atoms with Crippen molar-refractivity contribution in [2.75, 3.05) is 7.11 Å². The minimum Gasteiger partial charge on any atom is -0.366 e. The largest absolute Gasteiger partial charge is 0.366 e. The van der Waals surface area contributed by atoms with Crippen LogP contribution in [0.2, 0.25) is 0 Å². The lowest BCUT2D eigenvalue weighted by atomic mass is 10.1. The van der Waals surface area contributed by atoms with Crippen LogP contribution in [0.1, 0.15) is 35.2 Å². The van der Waals surface area contributed by atoms with E-state index in [1.54, 1.807) is 18.9 Å². The van der Waals surface area contributed by atoms with Crippen LogP contribution in [0.5, 0.6) is 0 Å². The van der Waals surface area contributed by atoms with Crippen molar-refractivity contribution in [3.8, 4) is 0 Å². The van der Waals surface area contributed by atoms with Crippen LogP contribution in [-0.2, 0) is 4.74 Å². The molecule has 0 saturated heterocycles. The van der Waals surface area contributed by atoms with Crippen LogP contribution in [0, 0.1) is 0 Å². The third-order valence-electron chi connectivity index (χ3n) is 1.99. The molecule has 0 aliphatic rings. The second-order valence-corrected chi connectivity index (χ2v) is 5.14. The molecule has 1 aromatic rings. The first kappa shape index (κ1) is 12.3. The van der Waals surface area contributed by atoms with E-state index in [1.165, 1.54) is 0 Å². The van der Waals surface area contributed by atoms with Gasteiger partial charge in [-0.05, 0) is 0 Å². The first-order valence-electron chi connectivity index (χ1n) is 4.91. The van der Waals surface area contributed by atoms with Crippen LogP contribution in [0.15, 0.2) is 24.3 Å². The Kier molecular flexibility index (Phi) is 4.85. The molecule has 0 spiro atoms. The highest BCUT2D eigenvalue weighted by Gasteiger charge is 2.15. The van der Waals surface area contributed by atoms with Gasteiger partial charge in [-0.25, -0.2) is 0 Å². The Balaban J connectivity index is 2.95. The van der Waals surface area contributed by atoms with Crippen molar-refractivity contribution in [2.45, 2.75) is 24.5 Å². The Morgan fingerprint density at radius 1 is 1.33 bits per heavy atom. The molecular formula is C12H16O2S. The van der Waals surface area contributed by atoms with Crippen molar-refractivity contribution in [1.82, 2.24) is 0 Å². The molecule has 0 N–H and O–H groups in total. The molecule has 0 saturated carbocycles. The van der Waals surface area contributed by atoms with Gasteiger partial charge in [0.05, 0.1) is 0 Å². The third-order valence-corrected chi connectivity index (χ3v) is 3.22. The highest BCUT2D eigenvalue weighted by Crippen LogP contribution is 2.33. The maximum atomic E-state index is 10.9. The summed E-state index contributed by atoms with van der Waals surface area (Å²) in [6.45, 7) is 4.22. The van der Waals surface area contributed by atoms with Crippen molar-refractivity contribution in [2.24, 2.45) is 0 Å². The molecule has 1 aromatic carbocycles. The van der Waals surface area contributed by atoms with Crippen molar-refractivity contribution in [3.63, 3.8) is 0 Å². The number of hydrogen-bond acceptors (Lipinski definition) is 3. The van der Waals surface area contributed by atoms with Crippen LogP contribution < -0.4 is 0 Å². The summed E-state index contributed by atoms with van der Waals surface area (Å²) >= 11 is 1.70. The van der Waals surface area contributed by atoms with E-state index in [1.807, 2.05) is 24.3 Å². The summed E-state index contributed by atoms with van der Waals surface area (Å²) in [7, 11) is 1.67. The van der Waals surface area contributed by atoms with Crippen LogP contribution >= 0.6 is 11.8 Å². The quantitative estimate of drug-likeness (QED) is 0.567. The molecule has 1 unspecified atom stereocenters. The minimum atomic E-state index is -0.0635. The average molecular weight is 224 g/mol. The predicted octanol–water partition coefficient (Wildman–Crippen LogP) is 3.29. The lowest BCUT2D eigenvalue weighted by Gasteiger charge is -2.18. The smallest absolute Gasteiger partial charge is 0.150 e. The maximum Gasteiger partial charge on any atom is 0.150 e. The molecule has 0 aromatic heterocycles. The molecule has 0 aliphatic carbocycles. The highest BCUT2D eigenvalue weighted by molar-refractivity contribution is 7.99. The summed E-state index contributed by atoms with van der Waals surface area (Å²) < 4.78 is 5.39. The van der Waals surface area contributed by atoms with Gasteiger partial charge in [0.2, 0.25) is 0 Å². The molecule has 0 aliphatic heterocycles. The lowest BCUT2D eigenvalue weighted by Crippen LogP contribution is -2.04. The Labute approximate surface area is 95.0 Å². The van der Waals surface area contributed by atoms with E-state index in [0.717, 1.165) is 11.8 Å². The highest BCUT2D eigenvalue weighted by atomic mass is 32.2. The van der Waals surface area contributed by atoms with Gasteiger partial charge in [-0.15, -0.1) is 11.8 Å². The first-order valence-corrected chi connectivity index (χ1v) is 5.85. The fraction of sp³-hybridized carbons (Fsp3) is 0.417. The van der Waals surface area contributed by atoms with Crippen molar-refractivity contribution >= 4 is 18.0 Å². The number of ether oxygens (including phenoxy) is 1. The van der Waals surface area contributed by atoms with E-state index in [-0.39, 0.29) is 5.44 Å². The lowest BCUT2D eigenvalue weighted by molar-refractivity contribution is 0.111. The summed E-state index contributed by atoms with van der Waals surface area (Å²) in [5, 5.41) is 0.467. The van der Waals surface area contributed by atoms with Crippen LogP contribution in [-0.4, -0.2) is 18.6 Å². The second-order valence-electron chi connectivity index (χ2n) is 3.50. The number of benzene rings is 1. The zero-order chi connectivity index (χ0) is 11.3. The van der Waals surface area contributed by atoms with Gasteiger partial charge in [-0.2, -0.15) is 0 Å². The minimum absolute atomic E-state index is 0.0635. The zero-order valence-electron chi connectivity index (χ0n) is 9.27. The molecule has 0 amide bonds. The Bertz CT molecular complexity index is 323. The molecule has 1 rings (SSSR count). The Morgan fingerprint density at radius 2 is 2.00 bits per heavy atom. The fourth-order valence-corrected chi connectivity index (χ4v) is 2.30. The van der Waals surface area contributed by atoms with Gasteiger partial charge in [-0.1, -0.05) is 38.1 Å². The maximum absolute atomic E-state index is 10.9. The predicted molar refractivity (Wildman–Crippen MR) is 64.3 cm³/mol. The number of hydrogen-bond donors (Lipinski definition) is 0. The molecule has 0 radical (unpaired) electrons. The van der Waals surface area contributed by atoms with E-state index in [4.69, 9.17) is 4.74 Å². The first-order chi connectivity index (χ1) is 7.19. The standard InChI is InChI=1S/C12H16O2S/c1-9(2)15-12(14-3)11-7-5-4-6-10(11)8-13/h4-9,12H,1-3H3. The second kappa shape index (κ2) is 5.93. The van der Waals surface area contributed by atoms with Crippen LogP contribution in [0.25, 0.3) is 0 Å². The summed E-state index contributed by atoms with van der Waals surface area (Å²) in [6, 6.07) is 7.54. The molecule has 15 heavy (non-hydrogen) atoms. The van der Waals surface area contributed by atoms with E-state index >= 15 is 0 Å².